The molecule has 1 heterocycles. The van der Waals surface area contributed by atoms with Crippen molar-refractivity contribution in [3.8, 4) is 17.6 Å². The lowest BCUT2D eigenvalue weighted by molar-refractivity contribution is 0.218. The molecule has 0 saturated carbocycles. The van der Waals surface area contributed by atoms with Gasteiger partial charge in [-0.2, -0.15) is 5.26 Å². The minimum atomic E-state index is -0.466. The van der Waals surface area contributed by atoms with Gasteiger partial charge in [0.15, 0.2) is 0 Å². The molecule has 0 aromatic heterocycles. The van der Waals surface area contributed by atoms with Crippen molar-refractivity contribution >= 4 is 0 Å². The second-order valence-electron chi connectivity index (χ2n) is 5.06. The molecule has 0 bridgehead atoms. The first-order valence-electron chi connectivity index (χ1n) is 6.47. The van der Waals surface area contributed by atoms with Crippen molar-refractivity contribution < 1.29 is 9.47 Å². The van der Waals surface area contributed by atoms with Gasteiger partial charge in [-0.1, -0.05) is 0 Å². The zero-order valence-electron chi connectivity index (χ0n) is 11.8. The number of hydrogen-bond acceptors (Lipinski definition) is 4. The highest BCUT2D eigenvalue weighted by molar-refractivity contribution is 5.48. The highest BCUT2D eigenvalue weighted by Gasteiger charge is 2.38. The van der Waals surface area contributed by atoms with Crippen LogP contribution in [0, 0.1) is 11.3 Å². The normalized spacial score (nSPS) is 18.6. The van der Waals surface area contributed by atoms with E-state index in [0.717, 1.165) is 43.0 Å². The number of ether oxygens (including phenoxy) is 2. The summed E-state index contributed by atoms with van der Waals surface area (Å²) in [7, 11) is 5.37. The number of nitriles is 1. The predicted molar refractivity (Wildman–Crippen MR) is 73.6 cm³/mol. The Bertz CT molecular complexity index is 485. The van der Waals surface area contributed by atoms with Crippen molar-refractivity contribution in [3.63, 3.8) is 0 Å². The standard InChI is InChI=1S/C15H20N2O2/c1-17-8-6-15(11-16,7-9-17)13-10-12(18-2)4-5-14(13)19-3/h4-5,10H,6-9H2,1-3H3. The molecule has 1 fully saturated rings. The predicted octanol–water partition coefficient (Wildman–Crippen LogP) is 2.19. The lowest BCUT2D eigenvalue weighted by atomic mass is 9.73. The van der Waals surface area contributed by atoms with Gasteiger partial charge in [-0.25, -0.2) is 0 Å². The molecule has 1 aliphatic heterocycles. The zero-order valence-corrected chi connectivity index (χ0v) is 11.8. The lowest BCUT2D eigenvalue weighted by Crippen LogP contribution is -2.40. The maximum atomic E-state index is 9.70. The van der Waals surface area contributed by atoms with Gasteiger partial charge >= 0.3 is 0 Å². The Morgan fingerprint density at radius 1 is 1.21 bits per heavy atom. The van der Waals surface area contributed by atoms with Crippen LogP contribution in [0.3, 0.4) is 0 Å². The summed E-state index contributed by atoms with van der Waals surface area (Å²) >= 11 is 0. The average molecular weight is 260 g/mol. The summed E-state index contributed by atoms with van der Waals surface area (Å²) in [5.74, 6) is 1.54. The smallest absolute Gasteiger partial charge is 0.123 e. The highest BCUT2D eigenvalue weighted by atomic mass is 16.5. The number of hydrogen-bond donors (Lipinski definition) is 0. The minimum Gasteiger partial charge on any atom is -0.497 e. The van der Waals surface area contributed by atoms with Gasteiger partial charge in [0.2, 0.25) is 0 Å². The molecular formula is C15H20N2O2. The fourth-order valence-corrected chi connectivity index (χ4v) is 2.63. The van der Waals surface area contributed by atoms with E-state index >= 15 is 0 Å². The second kappa shape index (κ2) is 5.50. The molecule has 0 amide bonds. The van der Waals surface area contributed by atoms with Crippen molar-refractivity contribution in [1.82, 2.24) is 4.90 Å². The lowest BCUT2D eigenvalue weighted by Gasteiger charge is -2.36. The molecular weight excluding hydrogens is 240 g/mol. The monoisotopic (exact) mass is 260 g/mol. The molecule has 0 spiro atoms. The quantitative estimate of drug-likeness (QED) is 0.835. The molecule has 1 saturated heterocycles. The first-order valence-corrected chi connectivity index (χ1v) is 6.47. The molecule has 19 heavy (non-hydrogen) atoms. The van der Waals surface area contributed by atoms with E-state index < -0.39 is 5.41 Å². The summed E-state index contributed by atoms with van der Waals surface area (Å²) in [6.07, 6.45) is 1.65. The number of likely N-dealkylation sites (tertiary alicyclic amines) is 1. The van der Waals surface area contributed by atoms with Crippen molar-refractivity contribution in [1.29, 1.82) is 5.26 Å². The largest absolute Gasteiger partial charge is 0.497 e. The van der Waals surface area contributed by atoms with Crippen molar-refractivity contribution in [3.05, 3.63) is 23.8 Å². The van der Waals surface area contributed by atoms with Gasteiger partial charge < -0.3 is 14.4 Å². The van der Waals surface area contributed by atoms with E-state index in [1.165, 1.54) is 0 Å². The molecule has 0 aliphatic carbocycles. The third-order valence-electron chi connectivity index (χ3n) is 3.98. The fraction of sp³-hybridized carbons (Fsp3) is 0.533. The molecule has 4 nitrogen and oxygen atoms in total. The van der Waals surface area contributed by atoms with E-state index in [9.17, 15) is 5.26 Å². The van der Waals surface area contributed by atoms with Crippen molar-refractivity contribution in [2.24, 2.45) is 0 Å². The molecule has 1 aromatic carbocycles. The van der Waals surface area contributed by atoms with Crippen LogP contribution in [0.25, 0.3) is 0 Å². The Kier molecular flexibility index (Phi) is 3.96. The van der Waals surface area contributed by atoms with Crippen molar-refractivity contribution in [2.75, 3.05) is 34.4 Å². The first-order chi connectivity index (χ1) is 9.15. The molecule has 4 heteroatoms. The van der Waals surface area contributed by atoms with Gasteiger partial charge in [-0.15, -0.1) is 0 Å². The molecule has 0 N–H and O–H groups in total. The van der Waals surface area contributed by atoms with E-state index in [1.54, 1.807) is 14.2 Å². The van der Waals surface area contributed by atoms with E-state index in [1.807, 2.05) is 18.2 Å². The highest BCUT2D eigenvalue weighted by Crippen LogP contribution is 2.41. The van der Waals surface area contributed by atoms with E-state index in [-0.39, 0.29) is 0 Å². The summed E-state index contributed by atoms with van der Waals surface area (Å²) < 4.78 is 10.7. The molecule has 1 aliphatic rings. The zero-order chi connectivity index (χ0) is 13.9. The van der Waals surface area contributed by atoms with Crippen LogP contribution in [-0.2, 0) is 5.41 Å². The van der Waals surface area contributed by atoms with Gasteiger partial charge in [0.1, 0.15) is 11.5 Å². The van der Waals surface area contributed by atoms with Crippen LogP contribution < -0.4 is 9.47 Å². The Balaban J connectivity index is 2.45. The second-order valence-corrected chi connectivity index (χ2v) is 5.06. The summed E-state index contributed by atoms with van der Waals surface area (Å²) in [5.41, 5.74) is 0.483. The Morgan fingerprint density at radius 2 is 1.89 bits per heavy atom. The molecule has 102 valence electrons. The number of benzene rings is 1. The number of rotatable bonds is 3. The number of piperidine rings is 1. The minimum absolute atomic E-state index is 0.466. The van der Waals surface area contributed by atoms with Crippen LogP contribution in [0.5, 0.6) is 11.5 Å². The Hall–Kier alpha value is -1.73. The van der Waals surface area contributed by atoms with Crippen LogP contribution in [-0.4, -0.2) is 39.3 Å². The van der Waals surface area contributed by atoms with Crippen LogP contribution in [0.4, 0.5) is 0 Å². The molecule has 1 aromatic rings. The van der Waals surface area contributed by atoms with Crippen LogP contribution in [0.2, 0.25) is 0 Å². The number of nitrogens with zero attached hydrogens (tertiary/aromatic N) is 2. The first kappa shape index (κ1) is 13.7. The number of methoxy groups -OCH3 is 2. The summed E-state index contributed by atoms with van der Waals surface area (Å²) in [6.45, 7) is 1.85. The van der Waals surface area contributed by atoms with Gasteiger partial charge in [0.05, 0.1) is 25.7 Å². The van der Waals surface area contributed by atoms with E-state index in [0.29, 0.717) is 0 Å². The van der Waals surface area contributed by atoms with E-state index in [2.05, 4.69) is 18.0 Å². The van der Waals surface area contributed by atoms with Gasteiger partial charge in [-0.05, 0) is 51.2 Å². The average Bonchev–Trinajstić information content (AvgIpc) is 2.48. The molecule has 0 radical (unpaired) electrons. The van der Waals surface area contributed by atoms with Gasteiger partial charge in [0.25, 0.3) is 0 Å². The maximum Gasteiger partial charge on any atom is 0.123 e. The van der Waals surface area contributed by atoms with Crippen LogP contribution in [0.1, 0.15) is 18.4 Å². The molecule has 2 rings (SSSR count). The third-order valence-corrected chi connectivity index (χ3v) is 3.98. The fourth-order valence-electron chi connectivity index (χ4n) is 2.63. The SMILES string of the molecule is COc1ccc(OC)c(C2(C#N)CCN(C)CC2)c1. The summed E-state index contributed by atoms with van der Waals surface area (Å²) in [5, 5.41) is 9.70. The third kappa shape index (κ3) is 2.52. The van der Waals surface area contributed by atoms with Gasteiger partial charge in [0, 0.05) is 5.56 Å². The Morgan fingerprint density at radius 3 is 2.42 bits per heavy atom. The molecule has 0 atom stereocenters. The van der Waals surface area contributed by atoms with Crippen LogP contribution in [0.15, 0.2) is 18.2 Å². The maximum absolute atomic E-state index is 9.70. The summed E-state index contributed by atoms with van der Waals surface area (Å²) in [6, 6.07) is 8.20. The van der Waals surface area contributed by atoms with Gasteiger partial charge in [-0.3, -0.25) is 0 Å². The summed E-state index contributed by atoms with van der Waals surface area (Å²) in [4.78, 5) is 2.25. The van der Waals surface area contributed by atoms with E-state index in [4.69, 9.17) is 9.47 Å². The topological polar surface area (TPSA) is 45.5 Å². The van der Waals surface area contributed by atoms with Crippen LogP contribution >= 0.6 is 0 Å². The van der Waals surface area contributed by atoms with Crippen molar-refractivity contribution in [2.45, 2.75) is 18.3 Å². The molecule has 0 unspecified atom stereocenters. The Labute approximate surface area is 114 Å².